The zero-order valence-electron chi connectivity index (χ0n) is 22.1. The molecule has 0 spiro atoms. The third-order valence-corrected chi connectivity index (χ3v) is 7.80. The molecule has 0 atom stereocenters. The van der Waals surface area contributed by atoms with E-state index in [0.717, 1.165) is 50.3 Å². The standard InChI is InChI=1S/C31H39N5O/c1-36(2)30-26-15-9-10-16-28(26)34-31(35-30)33-25-19-17-24(18-20-25)32-29(37)21-27(22-11-5-3-6-12-22)23-13-7-4-8-14-23/h3-8,11-14,24-25,27H,9-10,15-21H2,1-2H3,(H,32,37)(H,33,34,35). The monoisotopic (exact) mass is 497 g/mol. The summed E-state index contributed by atoms with van der Waals surface area (Å²) in [5.41, 5.74) is 4.88. The molecule has 2 aromatic carbocycles. The molecule has 6 heteroatoms. The Kier molecular flexibility index (Phi) is 8.02. The van der Waals surface area contributed by atoms with E-state index in [1.807, 2.05) is 36.4 Å². The van der Waals surface area contributed by atoms with Crippen molar-refractivity contribution in [3.8, 4) is 0 Å². The van der Waals surface area contributed by atoms with Gasteiger partial charge in [0.2, 0.25) is 11.9 Å². The number of carbonyl (C=O) groups excluding carboxylic acids is 1. The van der Waals surface area contributed by atoms with Crippen LogP contribution in [0.3, 0.4) is 0 Å². The van der Waals surface area contributed by atoms with Crippen LogP contribution in [0.25, 0.3) is 0 Å². The molecule has 3 aromatic rings. The Labute approximate surface area is 220 Å². The van der Waals surface area contributed by atoms with Gasteiger partial charge in [-0.25, -0.2) is 4.98 Å². The number of nitrogens with zero attached hydrogens (tertiary/aromatic N) is 3. The minimum Gasteiger partial charge on any atom is -0.362 e. The highest BCUT2D eigenvalue weighted by Crippen LogP contribution is 2.30. The van der Waals surface area contributed by atoms with E-state index in [0.29, 0.717) is 12.5 Å². The van der Waals surface area contributed by atoms with Gasteiger partial charge in [-0.2, -0.15) is 4.98 Å². The highest BCUT2D eigenvalue weighted by atomic mass is 16.1. The zero-order valence-corrected chi connectivity index (χ0v) is 22.1. The van der Waals surface area contributed by atoms with Gasteiger partial charge in [0, 0.05) is 44.1 Å². The molecule has 6 nitrogen and oxygen atoms in total. The number of fused-ring (bicyclic) bond motifs is 1. The normalized spacial score (nSPS) is 19.2. The fraction of sp³-hybridized carbons (Fsp3) is 0.452. The van der Waals surface area contributed by atoms with Gasteiger partial charge >= 0.3 is 0 Å². The number of nitrogens with one attached hydrogen (secondary N) is 2. The number of rotatable bonds is 8. The molecule has 0 bridgehead atoms. The van der Waals surface area contributed by atoms with Gasteiger partial charge in [-0.1, -0.05) is 60.7 Å². The Bertz CT molecular complexity index is 1130. The van der Waals surface area contributed by atoms with Crippen molar-refractivity contribution in [3.63, 3.8) is 0 Å². The summed E-state index contributed by atoms with van der Waals surface area (Å²) in [7, 11) is 4.13. The second-order valence-corrected chi connectivity index (χ2v) is 10.7. The second-order valence-electron chi connectivity index (χ2n) is 10.7. The summed E-state index contributed by atoms with van der Waals surface area (Å²) < 4.78 is 0. The van der Waals surface area contributed by atoms with Crippen LogP contribution in [-0.2, 0) is 17.6 Å². The van der Waals surface area contributed by atoms with Crippen LogP contribution in [0.1, 0.15) is 73.2 Å². The van der Waals surface area contributed by atoms with Gasteiger partial charge in [-0.3, -0.25) is 4.79 Å². The molecular formula is C31H39N5O. The van der Waals surface area contributed by atoms with E-state index in [-0.39, 0.29) is 17.9 Å². The van der Waals surface area contributed by atoms with Crippen molar-refractivity contribution in [2.24, 2.45) is 0 Å². The summed E-state index contributed by atoms with van der Waals surface area (Å²) in [6.45, 7) is 0. The molecule has 5 rings (SSSR count). The van der Waals surface area contributed by atoms with Gasteiger partial charge < -0.3 is 15.5 Å². The fourth-order valence-corrected chi connectivity index (χ4v) is 5.84. The molecule has 0 unspecified atom stereocenters. The van der Waals surface area contributed by atoms with Crippen molar-refractivity contribution >= 4 is 17.7 Å². The fourth-order valence-electron chi connectivity index (χ4n) is 5.84. The average Bonchev–Trinajstić information content (AvgIpc) is 2.93. The Balaban J connectivity index is 1.17. The lowest BCUT2D eigenvalue weighted by Gasteiger charge is -2.31. The SMILES string of the molecule is CN(C)c1nc(NC2CCC(NC(=O)CC(c3ccccc3)c3ccccc3)CC2)nc2c1CCCC2. The topological polar surface area (TPSA) is 70.2 Å². The average molecular weight is 498 g/mol. The van der Waals surface area contributed by atoms with Gasteiger partial charge in [0.15, 0.2) is 0 Å². The van der Waals surface area contributed by atoms with Crippen LogP contribution in [0.2, 0.25) is 0 Å². The number of aryl methyl sites for hydroxylation is 1. The molecule has 1 saturated carbocycles. The van der Waals surface area contributed by atoms with Crippen LogP contribution in [0, 0.1) is 0 Å². The first-order valence-electron chi connectivity index (χ1n) is 13.8. The van der Waals surface area contributed by atoms with Crippen molar-refractivity contribution in [1.29, 1.82) is 0 Å². The largest absolute Gasteiger partial charge is 0.362 e. The minimum absolute atomic E-state index is 0.0625. The first-order valence-corrected chi connectivity index (χ1v) is 13.8. The maximum Gasteiger partial charge on any atom is 0.225 e. The molecule has 37 heavy (non-hydrogen) atoms. The van der Waals surface area contributed by atoms with E-state index in [1.165, 1.54) is 35.2 Å². The number of benzene rings is 2. The summed E-state index contributed by atoms with van der Waals surface area (Å²) in [6.07, 6.45) is 8.94. The van der Waals surface area contributed by atoms with Crippen molar-refractivity contribution in [3.05, 3.63) is 83.0 Å². The number of hydrogen-bond donors (Lipinski definition) is 2. The lowest BCUT2D eigenvalue weighted by molar-refractivity contribution is -0.122. The van der Waals surface area contributed by atoms with E-state index in [9.17, 15) is 4.79 Å². The number of carbonyl (C=O) groups is 1. The lowest BCUT2D eigenvalue weighted by atomic mass is 9.87. The number of amides is 1. The smallest absolute Gasteiger partial charge is 0.225 e. The first kappa shape index (κ1) is 25.2. The van der Waals surface area contributed by atoms with E-state index >= 15 is 0 Å². The van der Waals surface area contributed by atoms with Crippen LogP contribution < -0.4 is 15.5 Å². The summed E-state index contributed by atoms with van der Waals surface area (Å²) in [5.74, 6) is 2.00. The van der Waals surface area contributed by atoms with Gasteiger partial charge in [-0.05, 0) is 62.5 Å². The third kappa shape index (κ3) is 6.30. The van der Waals surface area contributed by atoms with E-state index in [2.05, 4.69) is 53.9 Å². The van der Waals surface area contributed by atoms with Gasteiger partial charge in [-0.15, -0.1) is 0 Å². The van der Waals surface area contributed by atoms with Crippen molar-refractivity contribution < 1.29 is 4.79 Å². The van der Waals surface area contributed by atoms with E-state index in [4.69, 9.17) is 9.97 Å². The van der Waals surface area contributed by atoms with Crippen LogP contribution in [0.4, 0.5) is 11.8 Å². The highest BCUT2D eigenvalue weighted by molar-refractivity contribution is 5.78. The maximum absolute atomic E-state index is 13.1. The molecule has 0 saturated heterocycles. The molecule has 194 valence electrons. The maximum atomic E-state index is 13.1. The molecular weight excluding hydrogens is 458 g/mol. The Hall–Kier alpha value is -3.41. The van der Waals surface area contributed by atoms with Crippen LogP contribution in [0.5, 0.6) is 0 Å². The van der Waals surface area contributed by atoms with E-state index < -0.39 is 0 Å². The van der Waals surface area contributed by atoms with Crippen LogP contribution in [-0.4, -0.2) is 42.1 Å². The molecule has 1 heterocycles. The lowest BCUT2D eigenvalue weighted by Crippen LogP contribution is -2.40. The van der Waals surface area contributed by atoms with Crippen molar-refractivity contribution in [2.45, 2.75) is 75.8 Å². The Morgan fingerprint density at radius 3 is 2.08 bits per heavy atom. The molecule has 2 aliphatic rings. The highest BCUT2D eigenvalue weighted by Gasteiger charge is 2.26. The summed E-state index contributed by atoms with van der Waals surface area (Å²) in [6, 6.07) is 21.3. The number of hydrogen-bond acceptors (Lipinski definition) is 5. The Morgan fingerprint density at radius 1 is 0.865 bits per heavy atom. The second kappa shape index (κ2) is 11.8. The minimum atomic E-state index is 0.0625. The predicted octanol–water partition coefficient (Wildman–Crippen LogP) is 5.48. The van der Waals surface area contributed by atoms with Crippen molar-refractivity contribution in [1.82, 2.24) is 15.3 Å². The molecule has 2 aliphatic carbocycles. The van der Waals surface area contributed by atoms with Crippen molar-refractivity contribution in [2.75, 3.05) is 24.3 Å². The molecule has 0 radical (unpaired) electrons. The van der Waals surface area contributed by atoms with E-state index in [1.54, 1.807) is 0 Å². The first-order chi connectivity index (χ1) is 18.1. The molecule has 1 fully saturated rings. The van der Waals surface area contributed by atoms with Gasteiger partial charge in [0.1, 0.15) is 5.82 Å². The molecule has 2 N–H and O–H groups in total. The molecule has 1 aromatic heterocycles. The summed E-state index contributed by atoms with van der Waals surface area (Å²) in [5, 5.41) is 6.95. The van der Waals surface area contributed by atoms with Crippen LogP contribution in [0.15, 0.2) is 60.7 Å². The zero-order chi connectivity index (χ0) is 25.6. The number of anilines is 2. The quantitative estimate of drug-likeness (QED) is 0.431. The summed E-state index contributed by atoms with van der Waals surface area (Å²) >= 11 is 0. The number of aromatic nitrogens is 2. The predicted molar refractivity (Wildman–Crippen MR) is 150 cm³/mol. The van der Waals surface area contributed by atoms with Crippen LogP contribution >= 0.6 is 0 Å². The van der Waals surface area contributed by atoms with Gasteiger partial charge in [0.05, 0.1) is 5.69 Å². The summed E-state index contributed by atoms with van der Waals surface area (Å²) in [4.78, 5) is 25.0. The molecule has 0 aliphatic heterocycles. The third-order valence-electron chi connectivity index (χ3n) is 7.80. The molecule has 1 amide bonds. The van der Waals surface area contributed by atoms with Gasteiger partial charge in [0.25, 0.3) is 0 Å². The Morgan fingerprint density at radius 2 is 1.46 bits per heavy atom.